The van der Waals surface area contributed by atoms with Crippen molar-refractivity contribution in [3.05, 3.63) is 16.1 Å². The summed E-state index contributed by atoms with van der Waals surface area (Å²) in [4.78, 5) is 26.4. The minimum atomic E-state index is -0.102. The van der Waals surface area contributed by atoms with Gasteiger partial charge in [-0.05, 0) is 6.54 Å². The van der Waals surface area contributed by atoms with Crippen molar-refractivity contribution in [2.45, 2.75) is 19.8 Å². The summed E-state index contributed by atoms with van der Waals surface area (Å²) in [5.41, 5.74) is 6.19. The molecule has 0 aliphatic rings. The first-order valence-electron chi connectivity index (χ1n) is 5.76. The topological polar surface area (TPSA) is 97.1 Å². The molecule has 1 aromatic heterocycles. The van der Waals surface area contributed by atoms with Crippen molar-refractivity contribution < 1.29 is 9.59 Å². The Hall–Kier alpha value is -1.47. The Bertz CT molecular complexity index is 406. The van der Waals surface area contributed by atoms with Gasteiger partial charge in [0.25, 0.3) is 0 Å². The molecule has 7 heteroatoms. The molecule has 6 nitrogen and oxygen atoms in total. The van der Waals surface area contributed by atoms with Crippen molar-refractivity contribution in [3.8, 4) is 0 Å². The van der Waals surface area contributed by atoms with Gasteiger partial charge in [-0.3, -0.25) is 9.59 Å². The van der Waals surface area contributed by atoms with Crippen LogP contribution < -0.4 is 16.4 Å². The van der Waals surface area contributed by atoms with Gasteiger partial charge < -0.3 is 16.4 Å². The fraction of sp³-hybridized carbons (Fsp3) is 0.545. The van der Waals surface area contributed by atoms with Crippen molar-refractivity contribution >= 4 is 23.2 Å². The number of rotatable bonds is 7. The zero-order valence-electron chi connectivity index (χ0n) is 10.4. The lowest BCUT2D eigenvalue weighted by Crippen LogP contribution is -2.34. The van der Waals surface area contributed by atoms with Crippen molar-refractivity contribution in [1.82, 2.24) is 15.6 Å². The van der Waals surface area contributed by atoms with Crippen molar-refractivity contribution in [3.63, 3.8) is 0 Å². The fourth-order valence-corrected chi connectivity index (χ4v) is 2.15. The van der Waals surface area contributed by atoms with Crippen molar-refractivity contribution in [2.75, 3.05) is 19.6 Å². The lowest BCUT2D eigenvalue weighted by Gasteiger charge is -2.04. The number of amides is 2. The van der Waals surface area contributed by atoms with Crippen molar-refractivity contribution in [1.29, 1.82) is 0 Å². The maximum absolute atomic E-state index is 11.5. The average molecular weight is 270 g/mol. The van der Waals surface area contributed by atoms with Crippen LogP contribution in [-0.4, -0.2) is 36.4 Å². The lowest BCUT2D eigenvalue weighted by atomic mass is 10.3. The van der Waals surface area contributed by atoms with E-state index < -0.39 is 0 Å². The molecular formula is C11H18N4O2S. The van der Waals surface area contributed by atoms with Gasteiger partial charge in [0.05, 0.1) is 17.1 Å². The van der Waals surface area contributed by atoms with Crippen LogP contribution in [0, 0.1) is 0 Å². The molecule has 100 valence electrons. The van der Waals surface area contributed by atoms with Crippen LogP contribution in [0.25, 0.3) is 0 Å². The summed E-state index contributed by atoms with van der Waals surface area (Å²) in [6, 6.07) is 0. The Morgan fingerprint density at radius 1 is 1.39 bits per heavy atom. The van der Waals surface area contributed by atoms with Crippen LogP contribution in [0.2, 0.25) is 0 Å². The monoisotopic (exact) mass is 270 g/mol. The van der Waals surface area contributed by atoms with Crippen LogP contribution in [0.15, 0.2) is 5.38 Å². The van der Waals surface area contributed by atoms with Crippen LogP contribution in [0.3, 0.4) is 0 Å². The Morgan fingerprint density at radius 2 is 2.11 bits per heavy atom. The molecule has 0 bridgehead atoms. The van der Waals surface area contributed by atoms with Crippen LogP contribution >= 0.6 is 11.3 Å². The first-order valence-corrected chi connectivity index (χ1v) is 6.64. The Morgan fingerprint density at radius 3 is 2.78 bits per heavy atom. The molecule has 1 rings (SSSR count). The number of hydrogen-bond donors (Lipinski definition) is 3. The van der Waals surface area contributed by atoms with Gasteiger partial charge in [0, 0.05) is 31.8 Å². The predicted octanol–water partition coefficient (Wildman–Crippen LogP) is -0.561. The van der Waals surface area contributed by atoms with Gasteiger partial charge in [0.15, 0.2) is 0 Å². The number of nitrogens with one attached hydrogen (secondary N) is 2. The first-order chi connectivity index (χ1) is 8.61. The van der Waals surface area contributed by atoms with Crippen LogP contribution in [0.4, 0.5) is 0 Å². The third kappa shape index (κ3) is 5.74. The molecule has 0 saturated carbocycles. The van der Waals surface area contributed by atoms with Gasteiger partial charge >= 0.3 is 0 Å². The van der Waals surface area contributed by atoms with Gasteiger partial charge in [0.1, 0.15) is 0 Å². The van der Waals surface area contributed by atoms with Gasteiger partial charge in [-0.2, -0.15) is 0 Å². The Kier molecular flexibility index (Phi) is 6.31. The summed E-state index contributed by atoms with van der Waals surface area (Å²) in [7, 11) is 0. The summed E-state index contributed by atoms with van der Waals surface area (Å²) < 4.78 is 0. The molecular weight excluding hydrogens is 252 g/mol. The highest BCUT2D eigenvalue weighted by molar-refractivity contribution is 7.09. The van der Waals surface area contributed by atoms with E-state index in [0.717, 1.165) is 17.1 Å². The maximum Gasteiger partial charge on any atom is 0.226 e. The van der Waals surface area contributed by atoms with Crippen LogP contribution in [0.1, 0.15) is 17.6 Å². The molecule has 0 aliphatic carbocycles. The number of carbonyl (C=O) groups is 2. The van der Waals surface area contributed by atoms with E-state index in [1.807, 2.05) is 5.38 Å². The minimum absolute atomic E-state index is 0.0926. The molecule has 0 radical (unpaired) electrons. The molecule has 1 heterocycles. The smallest absolute Gasteiger partial charge is 0.226 e. The second-order valence-electron chi connectivity index (χ2n) is 3.78. The Labute approximate surface area is 110 Å². The van der Waals surface area contributed by atoms with E-state index in [9.17, 15) is 9.59 Å². The number of nitrogens with two attached hydrogens (primary N) is 1. The summed E-state index contributed by atoms with van der Waals surface area (Å²) in [5, 5.41) is 8.15. The molecule has 0 atom stereocenters. The van der Waals surface area contributed by atoms with E-state index in [2.05, 4.69) is 15.6 Å². The number of aromatic nitrogens is 1. The molecule has 0 spiro atoms. The van der Waals surface area contributed by atoms with Gasteiger partial charge in [0.2, 0.25) is 11.8 Å². The van der Waals surface area contributed by atoms with E-state index in [4.69, 9.17) is 5.73 Å². The maximum atomic E-state index is 11.5. The van der Waals surface area contributed by atoms with Crippen LogP contribution in [-0.2, 0) is 22.4 Å². The number of carbonyl (C=O) groups excluding carboxylic acids is 2. The molecule has 2 amide bonds. The largest absolute Gasteiger partial charge is 0.355 e. The van der Waals surface area contributed by atoms with Gasteiger partial charge in [-0.25, -0.2) is 4.98 Å². The van der Waals surface area contributed by atoms with Gasteiger partial charge in [-0.1, -0.05) is 0 Å². The first kappa shape index (κ1) is 14.6. The minimum Gasteiger partial charge on any atom is -0.355 e. The molecule has 1 aromatic rings. The van der Waals surface area contributed by atoms with Crippen molar-refractivity contribution in [2.24, 2.45) is 5.73 Å². The predicted molar refractivity (Wildman–Crippen MR) is 70.3 cm³/mol. The number of hydrogen-bond acceptors (Lipinski definition) is 5. The summed E-state index contributed by atoms with van der Waals surface area (Å²) in [6.07, 6.45) is 1.01. The third-order valence-corrected chi connectivity index (χ3v) is 3.08. The lowest BCUT2D eigenvalue weighted by molar-refractivity contribution is -0.121. The highest BCUT2D eigenvalue weighted by atomic mass is 32.1. The van der Waals surface area contributed by atoms with E-state index >= 15 is 0 Å². The molecule has 0 saturated heterocycles. The highest BCUT2D eigenvalue weighted by Gasteiger charge is 2.06. The number of thiazole rings is 1. The van der Waals surface area contributed by atoms with E-state index in [0.29, 0.717) is 19.6 Å². The second kappa shape index (κ2) is 7.78. The standard InChI is InChI=1S/C11H18N4O2S/c1-8(16)13-4-5-14-10(17)6-9-7-18-11(15-9)2-3-12/h7H,2-6,12H2,1H3,(H,13,16)(H,14,17). The average Bonchev–Trinajstić information content (AvgIpc) is 2.72. The zero-order chi connectivity index (χ0) is 13.4. The quantitative estimate of drug-likeness (QED) is 0.579. The SMILES string of the molecule is CC(=O)NCCNC(=O)Cc1csc(CCN)n1. The molecule has 0 fully saturated rings. The van der Waals surface area contributed by atoms with E-state index in [1.54, 1.807) is 0 Å². The van der Waals surface area contributed by atoms with E-state index in [-0.39, 0.29) is 18.2 Å². The van der Waals surface area contributed by atoms with Gasteiger partial charge in [-0.15, -0.1) is 11.3 Å². The molecule has 18 heavy (non-hydrogen) atoms. The normalized spacial score (nSPS) is 10.1. The molecule has 0 aromatic carbocycles. The van der Waals surface area contributed by atoms with E-state index in [1.165, 1.54) is 18.3 Å². The zero-order valence-corrected chi connectivity index (χ0v) is 11.2. The van der Waals surface area contributed by atoms with Crippen LogP contribution in [0.5, 0.6) is 0 Å². The second-order valence-corrected chi connectivity index (χ2v) is 4.72. The Balaban J connectivity index is 2.24. The summed E-state index contributed by atoms with van der Waals surface area (Å²) in [5.74, 6) is -0.194. The molecule has 0 aliphatic heterocycles. The number of nitrogens with zero attached hydrogens (tertiary/aromatic N) is 1. The highest BCUT2D eigenvalue weighted by Crippen LogP contribution is 2.10. The molecule has 4 N–H and O–H groups in total. The summed E-state index contributed by atoms with van der Waals surface area (Å²) >= 11 is 1.52. The third-order valence-electron chi connectivity index (χ3n) is 2.12. The molecule has 0 unspecified atom stereocenters. The summed E-state index contributed by atoms with van der Waals surface area (Å²) in [6.45, 7) is 2.88. The fourth-order valence-electron chi connectivity index (χ4n) is 1.34.